The molecule has 0 aliphatic heterocycles. The van der Waals surface area contributed by atoms with E-state index in [-0.39, 0.29) is 0 Å². The zero-order valence-corrected chi connectivity index (χ0v) is 65.2. The fraction of sp³-hybridized carbons (Fsp3) is 0.00990. The van der Waals surface area contributed by atoms with Crippen LogP contribution >= 0.6 is 34.0 Å². The van der Waals surface area contributed by atoms with Gasteiger partial charge in [-0.05, 0) is 163 Å². The summed E-state index contributed by atoms with van der Waals surface area (Å²) in [6.07, 6.45) is 15.2. The average molecular weight is 1560 g/mol. The quantitative estimate of drug-likeness (QED) is 0.115. The number of oxazole rings is 1. The normalized spacial score (nSPS) is 11.5. The van der Waals surface area contributed by atoms with Crippen LogP contribution in [0.1, 0.15) is 5.56 Å². The number of thiazole rings is 3. The second-order valence-corrected chi connectivity index (χ2v) is 31.6. The minimum absolute atomic E-state index is 0.519. The van der Waals surface area contributed by atoms with Gasteiger partial charge in [0.2, 0.25) is 5.89 Å². The maximum Gasteiger partial charge on any atom is 0.246 e. The van der Waals surface area contributed by atoms with Crippen molar-refractivity contribution in [3.05, 3.63) is 377 Å². The average Bonchev–Trinajstić information content (AvgIpc) is 1.60. The predicted octanol–water partition coefficient (Wildman–Crippen LogP) is 26.6. The minimum atomic E-state index is 0.519. The highest BCUT2D eigenvalue weighted by Gasteiger charge is 2.19. The molecule has 23 aromatic rings. The molecule has 0 aliphatic rings. The first-order valence-electron chi connectivity index (χ1n) is 38.3. The van der Waals surface area contributed by atoms with Gasteiger partial charge in [-0.25, -0.2) is 19.9 Å². The molecule has 12 heterocycles. The molecule has 12 aromatic heterocycles. The molecule has 0 saturated heterocycles. The number of fused-ring (bicyclic) bond motifs is 10. The first-order valence-corrected chi connectivity index (χ1v) is 40.8. The van der Waals surface area contributed by atoms with Crippen molar-refractivity contribution in [1.29, 1.82) is 0 Å². The highest BCUT2D eigenvalue weighted by Crippen LogP contribution is 2.40. The molecule has 0 radical (unpaired) electrons. The molecule has 552 valence electrons. The molecular formula is C101H64N12OS3. The monoisotopic (exact) mass is 1560 g/mol. The summed E-state index contributed by atoms with van der Waals surface area (Å²) >= 11 is 5.05. The third-order valence-corrected chi connectivity index (χ3v) is 24.3. The van der Waals surface area contributed by atoms with E-state index < -0.39 is 0 Å². The number of aryl methyl sites for hydroxylation is 1. The van der Waals surface area contributed by atoms with Crippen molar-refractivity contribution in [2.75, 3.05) is 0 Å². The molecule has 0 unspecified atom stereocenters. The van der Waals surface area contributed by atoms with Gasteiger partial charge < -0.3 is 13.6 Å². The van der Waals surface area contributed by atoms with Gasteiger partial charge in [-0.3, -0.25) is 29.9 Å². The van der Waals surface area contributed by atoms with Crippen LogP contribution in [0.4, 0.5) is 0 Å². The number of pyridine rings is 6. The van der Waals surface area contributed by atoms with Crippen LogP contribution in [0.25, 0.3) is 207 Å². The number of benzene rings is 11. The zero-order chi connectivity index (χ0) is 77.7. The Balaban J connectivity index is 0.000000109. The Kier molecular flexibility index (Phi) is 18.1. The Labute approximate surface area is 683 Å². The third-order valence-electron chi connectivity index (χ3n) is 21.1. The van der Waals surface area contributed by atoms with Gasteiger partial charge in [0.1, 0.15) is 26.2 Å². The van der Waals surface area contributed by atoms with Crippen molar-refractivity contribution in [3.8, 4) is 122 Å². The summed E-state index contributed by atoms with van der Waals surface area (Å²) in [4.78, 5) is 46.9. The van der Waals surface area contributed by atoms with Gasteiger partial charge >= 0.3 is 0 Å². The van der Waals surface area contributed by atoms with Crippen LogP contribution in [0.15, 0.2) is 376 Å². The van der Waals surface area contributed by atoms with Gasteiger partial charge in [0.25, 0.3) is 0 Å². The Morgan fingerprint density at radius 3 is 0.983 bits per heavy atom. The van der Waals surface area contributed by atoms with Gasteiger partial charge in [0, 0.05) is 138 Å². The molecule has 0 bridgehead atoms. The smallest absolute Gasteiger partial charge is 0.246 e. The SMILES string of the molecule is Cc1cc(-c2cncc(-c3nc4ccccc4s3)c2)cc(-c2cncc(-c3nc4ccccc4s3)c2)c1.c1ccc2oc(-c3ccc(-c4ccc(-c5ccc(-n6c7ccccc7c7ccccc76)cc5)nc4)cn3)nc2c1.c1ccc2sc(-c3ccc(-c4ccc(-c5ccc(-n6c7ccccc7c7ccccc76)cc5)nc4)cn3)nc2c1. The molecule has 0 aliphatic carbocycles. The molecule has 11 aromatic carbocycles. The lowest BCUT2D eigenvalue weighted by Gasteiger charge is -2.10. The summed E-state index contributed by atoms with van der Waals surface area (Å²) in [6, 6.07) is 111. The third kappa shape index (κ3) is 13.7. The summed E-state index contributed by atoms with van der Waals surface area (Å²) < 4.78 is 14.0. The van der Waals surface area contributed by atoms with E-state index in [4.69, 9.17) is 34.3 Å². The molecular weight excluding hydrogens is 1490 g/mol. The lowest BCUT2D eigenvalue weighted by molar-refractivity contribution is 0.617. The van der Waals surface area contributed by atoms with Crippen LogP contribution in [0.3, 0.4) is 0 Å². The van der Waals surface area contributed by atoms with Crippen molar-refractivity contribution in [1.82, 2.24) is 59.0 Å². The summed E-state index contributed by atoms with van der Waals surface area (Å²) in [5.41, 5.74) is 29.0. The molecule has 23 rings (SSSR count). The fourth-order valence-corrected chi connectivity index (χ4v) is 18.2. The predicted molar refractivity (Wildman–Crippen MR) is 481 cm³/mol. The molecule has 16 heteroatoms. The summed E-state index contributed by atoms with van der Waals surface area (Å²) in [6.45, 7) is 2.13. The van der Waals surface area contributed by atoms with E-state index in [1.165, 1.54) is 63.3 Å². The zero-order valence-electron chi connectivity index (χ0n) is 62.7. The lowest BCUT2D eigenvalue weighted by atomic mass is 9.97. The van der Waals surface area contributed by atoms with Crippen molar-refractivity contribution in [3.63, 3.8) is 0 Å². The minimum Gasteiger partial charge on any atom is -0.435 e. The molecule has 0 spiro atoms. The van der Waals surface area contributed by atoms with Gasteiger partial charge in [0.15, 0.2) is 5.58 Å². The maximum absolute atomic E-state index is 5.85. The van der Waals surface area contributed by atoms with Crippen molar-refractivity contribution < 1.29 is 4.42 Å². The second kappa shape index (κ2) is 30.2. The number of aromatic nitrogens is 12. The highest BCUT2D eigenvalue weighted by atomic mass is 32.1. The number of rotatable bonds is 12. The molecule has 0 fully saturated rings. The maximum atomic E-state index is 5.85. The molecule has 0 atom stereocenters. The Hall–Kier alpha value is -14.9. The van der Waals surface area contributed by atoms with Crippen molar-refractivity contribution in [2.45, 2.75) is 6.92 Å². The molecule has 117 heavy (non-hydrogen) atoms. The highest BCUT2D eigenvalue weighted by molar-refractivity contribution is 7.22. The first kappa shape index (κ1) is 70.0. The number of nitrogens with zero attached hydrogens (tertiary/aromatic N) is 12. The molecule has 0 saturated carbocycles. The van der Waals surface area contributed by atoms with Crippen molar-refractivity contribution in [2.24, 2.45) is 0 Å². The molecule has 0 N–H and O–H groups in total. The van der Waals surface area contributed by atoms with E-state index in [0.29, 0.717) is 11.6 Å². The van der Waals surface area contributed by atoms with E-state index in [2.05, 4.69) is 273 Å². The van der Waals surface area contributed by atoms with Crippen LogP contribution in [-0.2, 0) is 0 Å². The van der Waals surface area contributed by atoms with Crippen LogP contribution in [0.2, 0.25) is 0 Å². The van der Waals surface area contributed by atoms with E-state index in [9.17, 15) is 0 Å². The van der Waals surface area contributed by atoms with E-state index in [1.54, 1.807) is 34.0 Å². The van der Waals surface area contributed by atoms with Crippen molar-refractivity contribution >= 4 is 119 Å². The summed E-state index contributed by atoms with van der Waals surface area (Å²) in [5, 5.41) is 7.95. The standard InChI is InChI=1S/C35H22N4O.C35H22N4S.C31H20N4S2/c2*1-4-10-32-27(7-1)28-8-2-5-11-33(28)39(32)26-17-13-23(14-18-26)29-19-15-24(21-36-29)25-16-20-31(37-22-25)35-38-30-9-3-6-12-34(30)40-35;1-19-10-20(22-13-24(17-32-15-22)30-34-26-6-2-4-8-28(26)36-30)12-21(11-19)23-14-25(18-33-16-23)31-35-27-7-3-5-9-29(27)37-31/h2*1-22H;2-18H,1H3. The summed E-state index contributed by atoms with van der Waals surface area (Å²) in [5.74, 6) is 0.519. The fourth-order valence-electron chi connectivity index (χ4n) is 15.3. The second-order valence-electron chi connectivity index (χ2n) is 28.5. The van der Waals surface area contributed by atoms with Gasteiger partial charge in [-0.1, -0.05) is 182 Å². The van der Waals surface area contributed by atoms with Gasteiger partial charge in [0.05, 0.1) is 69.8 Å². The van der Waals surface area contributed by atoms with Gasteiger partial charge in [-0.2, -0.15) is 0 Å². The lowest BCUT2D eigenvalue weighted by Crippen LogP contribution is -1.94. The van der Waals surface area contributed by atoms with Crippen LogP contribution in [0, 0.1) is 6.92 Å². The topological polar surface area (TPSA) is 152 Å². The number of para-hydroxylation sites is 9. The Morgan fingerprint density at radius 1 is 0.248 bits per heavy atom. The van der Waals surface area contributed by atoms with Crippen LogP contribution in [-0.4, -0.2) is 59.0 Å². The van der Waals surface area contributed by atoms with Gasteiger partial charge in [-0.15, -0.1) is 34.0 Å². The Bertz CT molecular complexity index is 6950. The number of hydrogen-bond acceptors (Lipinski definition) is 14. The van der Waals surface area contributed by atoms with E-state index in [1.807, 2.05) is 135 Å². The molecule has 13 nitrogen and oxygen atoms in total. The van der Waals surface area contributed by atoms with E-state index in [0.717, 1.165) is 138 Å². The van der Waals surface area contributed by atoms with Crippen LogP contribution < -0.4 is 0 Å². The Morgan fingerprint density at radius 2 is 0.581 bits per heavy atom. The number of hydrogen-bond donors (Lipinski definition) is 0. The van der Waals surface area contributed by atoms with Crippen LogP contribution in [0.5, 0.6) is 0 Å². The molecule has 0 amide bonds. The largest absolute Gasteiger partial charge is 0.435 e. The summed E-state index contributed by atoms with van der Waals surface area (Å²) in [7, 11) is 0. The van der Waals surface area contributed by atoms with E-state index >= 15 is 0 Å². The first-order chi connectivity index (χ1) is 57.8.